The quantitative estimate of drug-likeness (QED) is 0.757. The minimum absolute atomic E-state index is 0.0427. The van der Waals surface area contributed by atoms with E-state index in [2.05, 4.69) is 39.5 Å². The number of carbonyl (C=O) groups is 2. The lowest BCUT2D eigenvalue weighted by Gasteiger charge is -2.46. The maximum absolute atomic E-state index is 12.5. The van der Waals surface area contributed by atoms with Gasteiger partial charge in [0.15, 0.2) is 0 Å². The van der Waals surface area contributed by atoms with Crippen LogP contribution < -0.4 is 4.90 Å². The molecule has 2 fully saturated rings. The lowest BCUT2D eigenvalue weighted by molar-refractivity contribution is -0.192. The number of aromatic nitrogens is 2. The molecule has 12 heteroatoms. The first kappa shape index (κ1) is 23.2. The molecule has 2 aliphatic rings. The van der Waals surface area contributed by atoms with Gasteiger partial charge < -0.3 is 10.0 Å². The summed E-state index contributed by atoms with van der Waals surface area (Å²) >= 11 is 1.82. The van der Waals surface area contributed by atoms with E-state index in [1.54, 1.807) is 10.9 Å². The van der Waals surface area contributed by atoms with Crippen LogP contribution in [0.5, 0.6) is 0 Å². The van der Waals surface area contributed by atoms with Crippen molar-refractivity contribution in [3.05, 3.63) is 34.8 Å². The maximum Gasteiger partial charge on any atom is 0.490 e. The first-order valence-corrected chi connectivity index (χ1v) is 10.4. The number of likely N-dealkylation sites (tertiary alicyclic amines) is 1. The number of anilines is 1. The zero-order chi connectivity index (χ0) is 22.8. The summed E-state index contributed by atoms with van der Waals surface area (Å²) in [7, 11) is 3.98. The molecule has 0 aliphatic carbocycles. The number of likely N-dealkylation sites (N-methyl/N-ethyl adjacent to an activating group) is 1. The highest BCUT2D eigenvalue weighted by molar-refractivity contribution is 7.09. The zero-order valence-electron chi connectivity index (χ0n) is 17.2. The average Bonchev–Trinajstić information content (AvgIpc) is 3.41. The van der Waals surface area contributed by atoms with Crippen molar-refractivity contribution >= 4 is 28.9 Å². The van der Waals surface area contributed by atoms with Crippen LogP contribution in [0.4, 0.5) is 18.9 Å². The second-order valence-electron chi connectivity index (χ2n) is 7.78. The largest absolute Gasteiger partial charge is 0.490 e. The van der Waals surface area contributed by atoms with Crippen molar-refractivity contribution in [1.29, 1.82) is 0 Å². The Balaban J connectivity index is 0.000000339. The number of carboxylic acid groups (broad SMARTS) is 1. The number of aliphatic carboxylic acids is 1. The van der Waals surface area contributed by atoms with E-state index in [1.807, 2.05) is 29.5 Å². The highest BCUT2D eigenvalue weighted by atomic mass is 32.1. The number of alkyl halides is 3. The average molecular weight is 459 g/mol. The molecule has 2 saturated heterocycles. The first-order chi connectivity index (χ1) is 14.5. The molecule has 2 aromatic heterocycles. The molecule has 1 amide bonds. The molecule has 2 aliphatic heterocycles. The van der Waals surface area contributed by atoms with Crippen molar-refractivity contribution in [2.24, 2.45) is 7.05 Å². The van der Waals surface area contributed by atoms with Crippen LogP contribution >= 0.6 is 11.3 Å². The molecule has 1 atom stereocenters. The number of piperazine rings is 1. The van der Waals surface area contributed by atoms with E-state index in [4.69, 9.17) is 9.90 Å². The van der Waals surface area contributed by atoms with E-state index in [0.29, 0.717) is 6.54 Å². The molecule has 0 radical (unpaired) electrons. The Kier molecular flexibility index (Phi) is 6.72. The third-order valence-corrected chi connectivity index (χ3v) is 6.41. The van der Waals surface area contributed by atoms with Crippen molar-refractivity contribution < 1.29 is 27.9 Å². The van der Waals surface area contributed by atoms with Crippen molar-refractivity contribution in [2.45, 2.75) is 24.7 Å². The maximum atomic E-state index is 12.5. The van der Waals surface area contributed by atoms with Crippen molar-refractivity contribution in [3.63, 3.8) is 0 Å². The number of amides is 1. The van der Waals surface area contributed by atoms with Crippen LogP contribution in [0.25, 0.3) is 0 Å². The number of carboxylic acids is 1. The molecule has 31 heavy (non-hydrogen) atoms. The van der Waals surface area contributed by atoms with Gasteiger partial charge in [-0.15, -0.1) is 11.3 Å². The standard InChI is InChI=1S/C17H23N5OS.C2HF3O2/c1-19-11-16(23)22(14-8-18-20(2)9-14)13-17(19)5-6-21(12-17)10-15-4-3-7-24-15;3-2(4,5)1(6)7/h3-4,7-9H,5-6,10-13H2,1-2H3;(H,6,7). The van der Waals surface area contributed by atoms with Gasteiger partial charge in [0.2, 0.25) is 5.91 Å². The van der Waals surface area contributed by atoms with Gasteiger partial charge in [-0.2, -0.15) is 18.3 Å². The third kappa shape index (κ3) is 5.43. The van der Waals surface area contributed by atoms with E-state index in [-0.39, 0.29) is 11.4 Å². The van der Waals surface area contributed by atoms with E-state index >= 15 is 0 Å². The Labute approximate surface area is 181 Å². The number of carbonyl (C=O) groups excluding carboxylic acids is 1. The first-order valence-electron chi connectivity index (χ1n) is 9.55. The van der Waals surface area contributed by atoms with Gasteiger partial charge in [-0.3, -0.25) is 19.3 Å². The van der Waals surface area contributed by atoms with Crippen LogP contribution in [0.1, 0.15) is 11.3 Å². The number of hydrogen-bond donors (Lipinski definition) is 1. The van der Waals surface area contributed by atoms with Crippen molar-refractivity contribution in [2.75, 3.05) is 38.1 Å². The molecule has 1 unspecified atom stereocenters. The van der Waals surface area contributed by atoms with E-state index < -0.39 is 12.1 Å². The Bertz CT molecular complexity index is 917. The van der Waals surface area contributed by atoms with Gasteiger partial charge in [0.1, 0.15) is 0 Å². The van der Waals surface area contributed by atoms with Gasteiger partial charge in [0, 0.05) is 44.3 Å². The van der Waals surface area contributed by atoms with E-state index in [1.165, 1.54) is 4.88 Å². The molecule has 8 nitrogen and oxygen atoms in total. The molecule has 170 valence electrons. The van der Waals surface area contributed by atoms with Crippen LogP contribution in [0, 0.1) is 0 Å². The zero-order valence-corrected chi connectivity index (χ0v) is 18.0. The van der Waals surface area contributed by atoms with E-state index in [0.717, 1.165) is 38.3 Å². The summed E-state index contributed by atoms with van der Waals surface area (Å²) in [4.78, 5) is 29.5. The number of rotatable bonds is 3. The smallest absolute Gasteiger partial charge is 0.475 e. The van der Waals surface area contributed by atoms with Gasteiger partial charge in [-0.1, -0.05) is 6.07 Å². The minimum Gasteiger partial charge on any atom is -0.475 e. The van der Waals surface area contributed by atoms with Crippen LogP contribution in [0.3, 0.4) is 0 Å². The van der Waals surface area contributed by atoms with Crippen molar-refractivity contribution in [1.82, 2.24) is 19.6 Å². The van der Waals surface area contributed by atoms with Crippen LogP contribution in [0.15, 0.2) is 29.9 Å². The molecule has 0 saturated carbocycles. The summed E-state index contributed by atoms with van der Waals surface area (Å²) in [6.07, 6.45) is -0.274. The predicted octanol–water partition coefficient (Wildman–Crippen LogP) is 2.04. The van der Waals surface area contributed by atoms with Crippen molar-refractivity contribution in [3.8, 4) is 0 Å². The fourth-order valence-corrected chi connectivity index (χ4v) is 4.63. The summed E-state index contributed by atoms with van der Waals surface area (Å²) in [5, 5.41) is 13.5. The number of aryl methyl sites for hydroxylation is 1. The number of hydrogen-bond acceptors (Lipinski definition) is 6. The summed E-state index contributed by atoms with van der Waals surface area (Å²) in [6.45, 7) is 4.31. The summed E-state index contributed by atoms with van der Waals surface area (Å²) in [5.41, 5.74) is 0.952. The predicted molar refractivity (Wildman–Crippen MR) is 109 cm³/mol. The molecular formula is C19H24F3N5O3S. The topological polar surface area (TPSA) is 81.9 Å². The fraction of sp³-hybridized carbons (Fsp3) is 0.526. The van der Waals surface area contributed by atoms with E-state index in [9.17, 15) is 18.0 Å². The normalized spacial score (nSPS) is 22.6. The molecule has 4 rings (SSSR count). The van der Waals surface area contributed by atoms with Gasteiger partial charge in [-0.25, -0.2) is 4.79 Å². The molecule has 2 aromatic rings. The van der Waals surface area contributed by atoms with Gasteiger partial charge in [0.25, 0.3) is 0 Å². The lowest BCUT2D eigenvalue weighted by atomic mass is 9.93. The monoisotopic (exact) mass is 459 g/mol. The Morgan fingerprint density at radius 1 is 1.32 bits per heavy atom. The van der Waals surface area contributed by atoms with Gasteiger partial charge in [-0.05, 0) is 24.9 Å². The van der Waals surface area contributed by atoms with Crippen LogP contribution in [-0.4, -0.2) is 81.5 Å². The Morgan fingerprint density at radius 2 is 2.03 bits per heavy atom. The highest BCUT2D eigenvalue weighted by Crippen LogP contribution is 2.34. The number of thiophene rings is 1. The highest BCUT2D eigenvalue weighted by Gasteiger charge is 2.47. The molecule has 1 N–H and O–H groups in total. The second-order valence-corrected chi connectivity index (χ2v) is 8.81. The summed E-state index contributed by atoms with van der Waals surface area (Å²) in [6, 6.07) is 4.31. The number of halogens is 3. The molecule has 1 spiro atoms. The molecular weight excluding hydrogens is 435 g/mol. The Hall–Kier alpha value is -2.44. The summed E-state index contributed by atoms with van der Waals surface area (Å²) in [5.74, 6) is -2.60. The van der Waals surface area contributed by atoms with Gasteiger partial charge in [0.05, 0.1) is 24.0 Å². The molecule has 0 aromatic carbocycles. The number of nitrogens with zero attached hydrogens (tertiary/aromatic N) is 5. The lowest BCUT2D eigenvalue weighted by Crippen LogP contribution is -2.64. The minimum atomic E-state index is -5.08. The van der Waals surface area contributed by atoms with Gasteiger partial charge >= 0.3 is 12.1 Å². The van der Waals surface area contributed by atoms with Crippen LogP contribution in [-0.2, 0) is 23.2 Å². The molecule has 0 bridgehead atoms. The summed E-state index contributed by atoms with van der Waals surface area (Å²) < 4.78 is 33.5. The SMILES string of the molecule is CN1CC(=O)N(c2cnn(C)c2)CC12CCN(Cc1cccs1)C2.O=C(O)C(F)(F)F. The fourth-order valence-electron chi connectivity index (χ4n) is 3.88. The second kappa shape index (κ2) is 8.97. The Morgan fingerprint density at radius 3 is 2.58 bits per heavy atom. The molecule has 4 heterocycles. The van der Waals surface area contributed by atoms with Crippen LogP contribution in [0.2, 0.25) is 0 Å². The third-order valence-electron chi connectivity index (χ3n) is 5.55.